The van der Waals surface area contributed by atoms with Crippen LogP contribution in [0.1, 0.15) is 37.3 Å². The van der Waals surface area contributed by atoms with Crippen LogP contribution in [0.15, 0.2) is 51.6 Å². The molecule has 1 aliphatic heterocycles. The lowest BCUT2D eigenvalue weighted by atomic mass is 9.90. The Balaban J connectivity index is 1.14. The average molecular weight is 615 g/mol. The Hall–Kier alpha value is -4.05. The summed E-state index contributed by atoms with van der Waals surface area (Å²) in [4.78, 5) is 15.9. The SMILES string of the molecule is N#Cc1cc(Br)cc2nc(Nc3ccc(-c4nn(C5CCC(N6CCOCC6)CC5)c5ncnc(N)c45)cc3)oc12. The molecule has 0 unspecified atom stereocenters. The van der Waals surface area contributed by atoms with Crippen LogP contribution in [0.25, 0.3) is 33.4 Å². The lowest BCUT2D eigenvalue weighted by Crippen LogP contribution is -2.45. The number of hydrogen-bond donors (Lipinski definition) is 2. The molecule has 1 saturated heterocycles. The quantitative estimate of drug-likeness (QED) is 0.264. The number of hydrogen-bond acceptors (Lipinski definition) is 10. The number of oxazole rings is 1. The van der Waals surface area contributed by atoms with Crippen molar-refractivity contribution in [3.05, 3.63) is 52.8 Å². The molecule has 1 saturated carbocycles. The first-order valence-electron chi connectivity index (χ1n) is 13.8. The van der Waals surface area contributed by atoms with E-state index in [1.807, 2.05) is 30.3 Å². The third-order valence-corrected chi connectivity index (χ3v) is 8.54. The van der Waals surface area contributed by atoms with Crippen molar-refractivity contribution in [3.63, 3.8) is 0 Å². The Kier molecular flexibility index (Phi) is 6.78. The molecule has 2 fully saturated rings. The minimum absolute atomic E-state index is 0.260. The van der Waals surface area contributed by atoms with E-state index in [1.54, 1.807) is 6.07 Å². The molecular weight excluding hydrogens is 586 g/mol. The summed E-state index contributed by atoms with van der Waals surface area (Å²) in [6, 6.07) is 14.7. The fourth-order valence-electron chi connectivity index (χ4n) is 6.03. The van der Waals surface area contributed by atoms with Crippen molar-refractivity contribution in [2.75, 3.05) is 37.4 Å². The summed E-state index contributed by atoms with van der Waals surface area (Å²) in [6.07, 6.45) is 5.86. The van der Waals surface area contributed by atoms with Gasteiger partial charge in [0.1, 0.15) is 29.4 Å². The maximum atomic E-state index is 9.43. The number of nitrogen functional groups attached to an aromatic ring is 1. The zero-order chi connectivity index (χ0) is 27.9. The molecule has 7 rings (SSSR count). The Morgan fingerprint density at radius 2 is 1.78 bits per heavy atom. The predicted octanol–water partition coefficient (Wildman–Crippen LogP) is 5.41. The predicted molar refractivity (Wildman–Crippen MR) is 159 cm³/mol. The molecule has 41 heavy (non-hydrogen) atoms. The van der Waals surface area contributed by atoms with Gasteiger partial charge < -0.3 is 20.2 Å². The first kappa shape index (κ1) is 25.9. The second-order valence-electron chi connectivity index (χ2n) is 10.5. The third kappa shape index (κ3) is 4.90. The highest BCUT2D eigenvalue weighted by Gasteiger charge is 2.30. The summed E-state index contributed by atoms with van der Waals surface area (Å²) < 4.78 is 14.2. The molecule has 4 heterocycles. The van der Waals surface area contributed by atoms with E-state index >= 15 is 0 Å². The first-order chi connectivity index (χ1) is 20.1. The number of morpholine rings is 1. The topological polar surface area (TPSA) is 144 Å². The van der Waals surface area contributed by atoms with Gasteiger partial charge in [-0.3, -0.25) is 4.90 Å². The number of benzene rings is 2. The normalized spacial score (nSPS) is 19.9. The highest BCUT2D eigenvalue weighted by molar-refractivity contribution is 9.10. The highest BCUT2D eigenvalue weighted by Crippen LogP contribution is 2.37. The zero-order valence-corrected chi connectivity index (χ0v) is 23.8. The third-order valence-electron chi connectivity index (χ3n) is 8.08. The first-order valence-corrected chi connectivity index (χ1v) is 14.5. The number of nitrogens with one attached hydrogen (secondary N) is 1. The molecule has 1 aliphatic carbocycles. The number of nitrogens with zero attached hydrogens (tertiary/aromatic N) is 7. The van der Waals surface area contributed by atoms with Crippen molar-refractivity contribution in [1.29, 1.82) is 5.26 Å². The standard InChI is InChI=1S/C29H28BrN9O2/c30-19-13-18(15-31)26-23(14-19)36-29(41-26)35-20-3-1-17(2-4-20)25-24-27(32)33-16-34-28(24)39(37-25)22-7-5-21(6-8-22)38-9-11-40-12-10-38/h1-4,13-14,16,21-22H,5-12H2,(H,35,36)(H2,32,33,34). The average Bonchev–Trinajstić information content (AvgIpc) is 3.60. The van der Waals surface area contributed by atoms with E-state index in [-0.39, 0.29) is 6.04 Å². The van der Waals surface area contributed by atoms with Gasteiger partial charge in [0.05, 0.1) is 30.2 Å². The van der Waals surface area contributed by atoms with Crippen LogP contribution in [0.4, 0.5) is 17.5 Å². The molecule has 3 aromatic heterocycles. The number of aromatic nitrogens is 5. The van der Waals surface area contributed by atoms with Crippen LogP contribution in [-0.4, -0.2) is 62.0 Å². The van der Waals surface area contributed by atoms with Crippen molar-refractivity contribution in [2.45, 2.75) is 37.8 Å². The maximum Gasteiger partial charge on any atom is 0.300 e. The van der Waals surface area contributed by atoms with E-state index in [4.69, 9.17) is 20.0 Å². The summed E-state index contributed by atoms with van der Waals surface area (Å²) in [7, 11) is 0. The van der Waals surface area contributed by atoms with Gasteiger partial charge in [0.2, 0.25) is 0 Å². The molecule has 0 radical (unpaired) electrons. The molecule has 0 atom stereocenters. The number of nitriles is 1. The van der Waals surface area contributed by atoms with E-state index in [1.165, 1.54) is 6.33 Å². The van der Waals surface area contributed by atoms with E-state index in [9.17, 15) is 5.26 Å². The number of anilines is 3. The van der Waals surface area contributed by atoms with Crippen molar-refractivity contribution in [2.24, 2.45) is 0 Å². The van der Waals surface area contributed by atoms with Gasteiger partial charge in [0.25, 0.3) is 6.01 Å². The summed E-state index contributed by atoms with van der Waals surface area (Å²) >= 11 is 3.41. The number of nitrogens with two attached hydrogens (primary N) is 1. The lowest BCUT2D eigenvalue weighted by molar-refractivity contribution is 0.00520. The Bertz CT molecular complexity index is 1760. The van der Waals surface area contributed by atoms with Gasteiger partial charge in [0.15, 0.2) is 11.2 Å². The molecule has 12 heteroatoms. The molecular formula is C29H28BrN9O2. The van der Waals surface area contributed by atoms with Gasteiger partial charge in [0, 0.05) is 34.9 Å². The molecule has 0 amide bonds. The molecule has 0 bridgehead atoms. The lowest BCUT2D eigenvalue weighted by Gasteiger charge is -2.38. The Labute approximate surface area is 244 Å². The molecule has 11 nitrogen and oxygen atoms in total. The van der Waals surface area contributed by atoms with Crippen LogP contribution in [0.2, 0.25) is 0 Å². The van der Waals surface area contributed by atoms with E-state index in [0.29, 0.717) is 34.5 Å². The number of fused-ring (bicyclic) bond motifs is 2. The minimum atomic E-state index is 0.260. The van der Waals surface area contributed by atoms with E-state index in [2.05, 4.69) is 51.8 Å². The molecule has 5 aromatic rings. The van der Waals surface area contributed by atoms with Crippen molar-refractivity contribution in [3.8, 4) is 17.3 Å². The monoisotopic (exact) mass is 613 g/mol. The summed E-state index contributed by atoms with van der Waals surface area (Å²) in [5.74, 6) is 0.423. The van der Waals surface area contributed by atoms with Crippen LogP contribution in [0.3, 0.4) is 0 Å². The van der Waals surface area contributed by atoms with Gasteiger partial charge in [-0.25, -0.2) is 14.6 Å². The number of ether oxygens (including phenoxy) is 1. The zero-order valence-electron chi connectivity index (χ0n) is 22.3. The second kappa shape index (κ2) is 10.7. The van der Waals surface area contributed by atoms with Crippen LogP contribution in [-0.2, 0) is 4.74 Å². The molecule has 3 N–H and O–H groups in total. The van der Waals surface area contributed by atoms with Crippen molar-refractivity contribution in [1.82, 2.24) is 29.6 Å². The smallest absolute Gasteiger partial charge is 0.300 e. The Morgan fingerprint density at radius 1 is 1.02 bits per heavy atom. The van der Waals surface area contributed by atoms with Crippen LogP contribution in [0, 0.1) is 11.3 Å². The minimum Gasteiger partial charge on any atom is -0.422 e. The fraction of sp³-hybridized carbons (Fsp3) is 0.345. The van der Waals surface area contributed by atoms with E-state index < -0.39 is 0 Å². The highest BCUT2D eigenvalue weighted by atomic mass is 79.9. The van der Waals surface area contributed by atoms with Crippen LogP contribution >= 0.6 is 15.9 Å². The Morgan fingerprint density at radius 3 is 2.54 bits per heavy atom. The summed E-state index contributed by atoms with van der Waals surface area (Å²) in [6.45, 7) is 3.69. The van der Waals surface area contributed by atoms with Crippen molar-refractivity contribution < 1.29 is 9.15 Å². The van der Waals surface area contributed by atoms with Gasteiger partial charge in [-0.2, -0.15) is 15.3 Å². The fourth-order valence-corrected chi connectivity index (χ4v) is 6.48. The molecule has 208 valence electrons. The van der Waals surface area contributed by atoms with Crippen molar-refractivity contribution >= 4 is 55.6 Å². The molecule has 2 aliphatic rings. The van der Waals surface area contributed by atoms with Crippen LogP contribution in [0.5, 0.6) is 0 Å². The maximum absolute atomic E-state index is 9.43. The molecule has 2 aromatic carbocycles. The summed E-state index contributed by atoms with van der Waals surface area (Å²) in [5.41, 5.74) is 11.1. The van der Waals surface area contributed by atoms with Gasteiger partial charge in [-0.05, 0) is 49.9 Å². The second-order valence-corrected chi connectivity index (χ2v) is 11.4. The van der Waals surface area contributed by atoms with Gasteiger partial charge >= 0.3 is 0 Å². The molecule has 0 spiro atoms. The largest absolute Gasteiger partial charge is 0.422 e. The number of halogens is 1. The van der Waals surface area contributed by atoms with E-state index in [0.717, 1.165) is 84.4 Å². The summed E-state index contributed by atoms with van der Waals surface area (Å²) in [5, 5.41) is 18.5. The number of rotatable bonds is 5. The van der Waals surface area contributed by atoms with Gasteiger partial charge in [-0.1, -0.05) is 28.1 Å². The van der Waals surface area contributed by atoms with Crippen LogP contribution < -0.4 is 11.1 Å². The van der Waals surface area contributed by atoms with Gasteiger partial charge in [-0.15, -0.1) is 0 Å².